The number of carbonyl (C=O) groups is 2. The summed E-state index contributed by atoms with van der Waals surface area (Å²) in [5, 5.41) is 5.77. The van der Waals surface area contributed by atoms with Crippen LogP contribution in [0.2, 0.25) is 0 Å². The van der Waals surface area contributed by atoms with E-state index in [1.54, 1.807) is 0 Å². The van der Waals surface area contributed by atoms with Crippen LogP contribution in [0.25, 0.3) is 0 Å². The Morgan fingerprint density at radius 1 is 1.06 bits per heavy atom. The van der Waals surface area contributed by atoms with Gasteiger partial charge in [-0.05, 0) is 31.5 Å². The highest BCUT2D eigenvalue weighted by Gasteiger charge is 2.55. The van der Waals surface area contributed by atoms with Crippen LogP contribution in [0.5, 0.6) is 0 Å². The molecule has 4 heteroatoms. The van der Waals surface area contributed by atoms with E-state index in [0.717, 1.165) is 31.5 Å². The molecule has 18 heavy (non-hydrogen) atoms. The van der Waals surface area contributed by atoms with Crippen molar-refractivity contribution in [3.8, 4) is 0 Å². The summed E-state index contributed by atoms with van der Waals surface area (Å²) < 4.78 is 0. The lowest BCUT2D eigenvalue weighted by Crippen LogP contribution is -2.44. The molecular formula is C14H16N2O2. The van der Waals surface area contributed by atoms with Gasteiger partial charge in [-0.2, -0.15) is 0 Å². The molecule has 2 aliphatic heterocycles. The van der Waals surface area contributed by atoms with E-state index in [-0.39, 0.29) is 17.7 Å². The Hall–Kier alpha value is -1.68. The van der Waals surface area contributed by atoms with Gasteiger partial charge in [0.15, 0.2) is 0 Å². The van der Waals surface area contributed by atoms with Crippen LogP contribution in [-0.4, -0.2) is 24.9 Å². The van der Waals surface area contributed by atoms with Crippen molar-refractivity contribution in [2.24, 2.45) is 5.41 Å². The number of carbonyl (C=O) groups excluding carboxylic acids is 2. The molecule has 2 fully saturated rings. The first kappa shape index (κ1) is 11.4. The van der Waals surface area contributed by atoms with Gasteiger partial charge in [0.25, 0.3) is 0 Å². The molecule has 1 aromatic rings. The summed E-state index contributed by atoms with van der Waals surface area (Å²) in [5.74, 6) is -0.566. The molecule has 1 unspecified atom stereocenters. The lowest BCUT2D eigenvalue weighted by atomic mass is 9.68. The second kappa shape index (κ2) is 4.21. The molecule has 0 aromatic heterocycles. The Kier molecular flexibility index (Phi) is 2.67. The predicted molar refractivity (Wildman–Crippen MR) is 66.9 cm³/mol. The minimum absolute atomic E-state index is 0.0946. The van der Waals surface area contributed by atoms with Crippen LogP contribution in [-0.2, 0) is 9.59 Å². The molecular weight excluding hydrogens is 228 g/mol. The van der Waals surface area contributed by atoms with E-state index in [9.17, 15) is 9.59 Å². The van der Waals surface area contributed by atoms with Crippen molar-refractivity contribution in [2.75, 3.05) is 13.1 Å². The highest BCUT2D eigenvalue weighted by Crippen LogP contribution is 2.46. The largest absolute Gasteiger partial charge is 0.317 e. The van der Waals surface area contributed by atoms with Crippen molar-refractivity contribution in [2.45, 2.75) is 18.8 Å². The standard InChI is InChI=1S/C14H16N2O2/c17-12-11(10-4-2-1-3-5-10)14(13(18)16-12)6-8-15-9-7-14/h1-5,11,15H,6-9H2,(H,16,17,18). The third kappa shape index (κ3) is 1.56. The van der Waals surface area contributed by atoms with Crippen LogP contribution >= 0.6 is 0 Å². The minimum atomic E-state index is -0.538. The van der Waals surface area contributed by atoms with E-state index in [4.69, 9.17) is 0 Å². The number of hydrogen-bond acceptors (Lipinski definition) is 3. The van der Waals surface area contributed by atoms with Gasteiger partial charge in [0.2, 0.25) is 11.8 Å². The van der Waals surface area contributed by atoms with Crippen molar-refractivity contribution in [3.05, 3.63) is 35.9 Å². The summed E-state index contributed by atoms with van der Waals surface area (Å²) in [4.78, 5) is 24.3. The number of imide groups is 1. The summed E-state index contributed by atoms with van der Waals surface area (Å²) in [5.41, 5.74) is 0.409. The molecule has 0 radical (unpaired) electrons. The Labute approximate surface area is 106 Å². The third-order valence-corrected chi connectivity index (χ3v) is 4.13. The molecule has 0 aliphatic carbocycles. The molecule has 1 aromatic carbocycles. The van der Waals surface area contributed by atoms with Crippen LogP contribution in [0.1, 0.15) is 24.3 Å². The quantitative estimate of drug-likeness (QED) is 0.718. The highest BCUT2D eigenvalue weighted by atomic mass is 16.2. The Morgan fingerprint density at radius 2 is 1.72 bits per heavy atom. The number of nitrogens with one attached hydrogen (secondary N) is 2. The maximum absolute atomic E-state index is 12.2. The average molecular weight is 244 g/mol. The molecule has 2 aliphatic rings. The number of rotatable bonds is 1. The second-order valence-electron chi connectivity index (χ2n) is 5.07. The topological polar surface area (TPSA) is 58.2 Å². The van der Waals surface area contributed by atoms with Gasteiger partial charge in [-0.15, -0.1) is 0 Å². The van der Waals surface area contributed by atoms with Crippen molar-refractivity contribution in [3.63, 3.8) is 0 Å². The van der Waals surface area contributed by atoms with Gasteiger partial charge >= 0.3 is 0 Å². The fourth-order valence-electron chi connectivity index (χ4n) is 3.20. The molecule has 0 bridgehead atoms. The molecule has 0 saturated carbocycles. The molecule has 1 atom stereocenters. The normalized spacial score (nSPS) is 26.3. The molecule has 94 valence electrons. The van der Waals surface area contributed by atoms with Crippen LogP contribution < -0.4 is 10.6 Å². The summed E-state index contributed by atoms with van der Waals surface area (Å²) in [7, 11) is 0. The monoisotopic (exact) mass is 244 g/mol. The minimum Gasteiger partial charge on any atom is -0.317 e. The van der Waals surface area contributed by atoms with E-state index in [0.29, 0.717) is 0 Å². The third-order valence-electron chi connectivity index (χ3n) is 4.13. The summed E-state index contributed by atoms with van der Waals surface area (Å²) >= 11 is 0. The van der Waals surface area contributed by atoms with E-state index >= 15 is 0 Å². The summed E-state index contributed by atoms with van der Waals surface area (Å²) in [6.45, 7) is 1.59. The molecule has 4 nitrogen and oxygen atoms in total. The van der Waals surface area contributed by atoms with Gasteiger partial charge in [-0.25, -0.2) is 0 Å². The van der Waals surface area contributed by atoms with Gasteiger partial charge < -0.3 is 5.32 Å². The Morgan fingerprint density at radius 3 is 2.39 bits per heavy atom. The van der Waals surface area contributed by atoms with E-state index in [1.165, 1.54) is 0 Å². The SMILES string of the molecule is O=C1NC(=O)C2(CCNCC2)C1c1ccccc1. The molecule has 2 saturated heterocycles. The molecule has 3 rings (SSSR count). The number of benzene rings is 1. The van der Waals surface area contributed by atoms with Gasteiger partial charge in [0.1, 0.15) is 0 Å². The van der Waals surface area contributed by atoms with Crippen molar-refractivity contribution in [1.29, 1.82) is 0 Å². The molecule has 2 heterocycles. The van der Waals surface area contributed by atoms with Crippen molar-refractivity contribution < 1.29 is 9.59 Å². The summed E-state index contributed by atoms with van der Waals surface area (Å²) in [6.07, 6.45) is 1.45. The number of amides is 2. The lowest BCUT2D eigenvalue weighted by molar-refractivity contribution is -0.129. The zero-order valence-electron chi connectivity index (χ0n) is 10.1. The maximum Gasteiger partial charge on any atom is 0.235 e. The molecule has 2 N–H and O–H groups in total. The predicted octanol–water partition coefficient (Wildman–Crippen LogP) is 0.796. The zero-order chi connectivity index (χ0) is 12.6. The van der Waals surface area contributed by atoms with Crippen LogP contribution in [0.3, 0.4) is 0 Å². The van der Waals surface area contributed by atoms with Gasteiger partial charge in [-0.1, -0.05) is 30.3 Å². The number of hydrogen-bond donors (Lipinski definition) is 2. The van der Waals surface area contributed by atoms with Gasteiger partial charge in [0.05, 0.1) is 11.3 Å². The Balaban J connectivity index is 2.04. The second-order valence-corrected chi connectivity index (χ2v) is 5.07. The van der Waals surface area contributed by atoms with Crippen LogP contribution in [0.4, 0.5) is 0 Å². The maximum atomic E-state index is 12.2. The van der Waals surface area contributed by atoms with Crippen LogP contribution in [0.15, 0.2) is 30.3 Å². The van der Waals surface area contributed by atoms with E-state index in [2.05, 4.69) is 10.6 Å². The van der Waals surface area contributed by atoms with Crippen LogP contribution in [0, 0.1) is 5.41 Å². The molecule has 2 amide bonds. The fourth-order valence-corrected chi connectivity index (χ4v) is 3.20. The lowest BCUT2D eigenvalue weighted by Gasteiger charge is -2.35. The van der Waals surface area contributed by atoms with E-state index < -0.39 is 5.41 Å². The fraction of sp³-hybridized carbons (Fsp3) is 0.429. The zero-order valence-corrected chi connectivity index (χ0v) is 10.1. The first-order valence-corrected chi connectivity index (χ1v) is 6.35. The van der Waals surface area contributed by atoms with Gasteiger partial charge in [0, 0.05) is 0 Å². The molecule has 1 spiro atoms. The first-order chi connectivity index (χ1) is 8.74. The highest BCUT2D eigenvalue weighted by molar-refractivity contribution is 6.10. The first-order valence-electron chi connectivity index (χ1n) is 6.35. The average Bonchev–Trinajstić information content (AvgIpc) is 2.63. The Bertz CT molecular complexity index is 478. The summed E-state index contributed by atoms with van der Waals surface area (Å²) in [6, 6.07) is 9.63. The van der Waals surface area contributed by atoms with Gasteiger partial charge in [-0.3, -0.25) is 14.9 Å². The van der Waals surface area contributed by atoms with E-state index in [1.807, 2.05) is 30.3 Å². The van der Waals surface area contributed by atoms with Crippen molar-refractivity contribution in [1.82, 2.24) is 10.6 Å². The number of piperidine rings is 1. The van der Waals surface area contributed by atoms with Crippen molar-refractivity contribution >= 4 is 11.8 Å². The smallest absolute Gasteiger partial charge is 0.235 e.